The van der Waals surface area contributed by atoms with Crippen LogP contribution in [-0.4, -0.2) is 47.3 Å². The highest BCUT2D eigenvalue weighted by molar-refractivity contribution is 6.22. The van der Waals surface area contributed by atoms with Crippen molar-refractivity contribution in [1.29, 1.82) is 0 Å². The van der Waals surface area contributed by atoms with Gasteiger partial charge in [0.1, 0.15) is 0 Å². The summed E-state index contributed by atoms with van der Waals surface area (Å²) >= 11 is 0. The first kappa shape index (κ1) is 21.7. The molecule has 30 heavy (non-hydrogen) atoms. The number of hydrogen-bond acceptors (Lipinski definition) is 5. The summed E-state index contributed by atoms with van der Waals surface area (Å²) in [6.45, 7) is 9.48. The predicted molar refractivity (Wildman–Crippen MR) is 111 cm³/mol. The summed E-state index contributed by atoms with van der Waals surface area (Å²) in [5.41, 5.74) is 0.512. The minimum Gasteiger partial charge on any atom is -0.449 e. The van der Waals surface area contributed by atoms with Crippen molar-refractivity contribution in [1.82, 2.24) is 10.2 Å². The smallest absolute Gasteiger partial charge is 0.338 e. The van der Waals surface area contributed by atoms with Gasteiger partial charge in [0.05, 0.1) is 16.7 Å². The van der Waals surface area contributed by atoms with Gasteiger partial charge in [0.15, 0.2) is 6.10 Å². The Labute approximate surface area is 176 Å². The number of ether oxygens (including phenoxy) is 1. The first-order chi connectivity index (χ1) is 14.2. The number of imide groups is 1. The number of esters is 1. The molecule has 0 aromatic heterocycles. The number of nitrogens with one attached hydrogen (secondary N) is 1. The van der Waals surface area contributed by atoms with E-state index >= 15 is 0 Å². The van der Waals surface area contributed by atoms with Crippen LogP contribution in [-0.2, 0) is 9.53 Å². The third-order valence-electron chi connectivity index (χ3n) is 6.21. The third-order valence-corrected chi connectivity index (χ3v) is 6.21. The van der Waals surface area contributed by atoms with E-state index in [0.29, 0.717) is 11.8 Å². The molecule has 0 bridgehead atoms. The molecule has 1 aromatic carbocycles. The Kier molecular flexibility index (Phi) is 6.39. The predicted octanol–water partition coefficient (Wildman–Crippen LogP) is 2.95. The van der Waals surface area contributed by atoms with Crippen LogP contribution >= 0.6 is 0 Å². The fraction of sp³-hybridized carbons (Fsp3) is 0.478. The third kappa shape index (κ3) is 4.15. The zero-order valence-electron chi connectivity index (χ0n) is 17.6. The van der Waals surface area contributed by atoms with Crippen LogP contribution in [0.5, 0.6) is 0 Å². The van der Waals surface area contributed by atoms with Crippen molar-refractivity contribution in [3.8, 4) is 0 Å². The Balaban J connectivity index is 1.65. The molecule has 1 saturated carbocycles. The summed E-state index contributed by atoms with van der Waals surface area (Å²) in [7, 11) is 0. The van der Waals surface area contributed by atoms with Gasteiger partial charge in [-0.15, -0.1) is 6.58 Å². The lowest BCUT2D eigenvalue weighted by Gasteiger charge is -2.35. The van der Waals surface area contributed by atoms with Crippen LogP contribution in [0.1, 0.15) is 71.1 Å². The minimum absolute atomic E-state index is 0.0712. The number of carbonyl (C=O) groups is 4. The molecule has 0 spiro atoms. The molecule has 1 aliphatic heterocycles. The highest BCUT2D eigenvalue weighted by Crippen LogP contribution is 2.29. The maximum atomic E-state index is 12.5. The molecule has 2 aliphatic rings. The molecule has 160 valence electrons. The fourth-order valence-corrected chi connectivity index (χ4v) is 4.08. The first-order valence-corrected chi connectivity index (χ1v) is 10.4. The van der Waals surface area contributed by atoms with Gasteiger partial charge in [-0.1, -0.05) is 32.8 Å². The second-order valence-electron chi connectivity index (χ2n) is 8.20. The summed E-state index contributed by atoms with van der Waals surface area (Å²) in [5, 5.41) is 3.00. The molecule has 0 unspecified atom stereocenters. The van der Waals surface area contributed by atoms with Crippen LogP contribution in [0.25, 0.3) is 0 Å². The lowest BCUT2D eigenvalue weighted by Crippen LogP contribution is -2.47. The topological polar surface area (TPSA) is 92.8 Å². The Bertz CT molecular complexity index is 894. The van der Waals surface area contributed by atoms with Crippen LogP contribution in [0.4, 0.5) is 0 Å². The molecule has 1 aromatic rings. The molecule has 3 amide bonds. The van der Waals surface area contributed by atoms with Gasteiger partial charge < -0.3 is 10.1 Å². The number of rotatable bonds is 6. The number of fused-ring (bicyclic) bond motifs is 1. The second-order valence-corrected chi connectivity index (χ2v) is 8.20. The molecule has 1 heterocycles. The summed E-state index contributed by atoms with van der Waals surface area (Å²) in [6, 6.07) is 4.28. The Morgan fingerprint density at radius 2 is 1.93 bits per heavy atom. The van der Waals surface area contributed by atoms with Gasteiger partial charge in [0.25, 0.3) is 17.7 Å². The van der Waals surface area contributed by atoms with Crippen molar-refractivity contribution in [3.63, 3.8) is 0 Å². The van der Waals surface area contributed by atoms with Gasteiger partial charge in [0.2, 0.25) is 0 Å². The standard InChI is InChI=1S/C23H28N2O5/c1-5-11-25-21(27)17-10-9-16(12-18(17)22(25)28)23(29)30-15(4)20(26)24-19-8-6-7-13(2)14(19)3/h5,9-10,12-15,19H,1,6-8,11H2,2-4H3,(H,24,26)/t13-,14-,15-,19+/m1/s1. The van der Waals surface area contributed by atoms with Crippen LogP contribution in [0.15, 0.2) is 30.9 Å². The largest absolute Gasteiger partial charge is 0.449 e. The zero-order chi connectivity index (χ0) is 22.0. The molecule has 1 aliphatic carbocycles. The second kappa shape index (κ2) is 8.81. The summed E-state index contributed by atoms with van der Waals surface area (Å²) in [5.74, 6) is -1.04. The Morgan fingerprint density at radius 3 is 2.63 bits per heavy atom. The van der Waals surface area contributed by atoms with E-state index < -0.39 is 23.9 Å². The minimum atomic E-state index is -0.968. The van der Waals surface area contributed by atoms with E-state index in [1.807, 2.05) is 0 Å². The lowest BCUT2D eigenvalue weighted by atomic mass is 9.78. The molecule has 1 fully saturated rings. The zero-order valence-corrected chi connectivity index (χ0v) is 17.6. The van der Waals surface area contributed by atoms with Crippen LogP contribution in [0.3, 0.4) is 0 Å². The van der Waals surface area contributed by atoms with E-state index in [1.165, 1.54) is 31.2 Å². The Morgan fingerprint density at radius 1 is 1.23 bits per heavy atom. The van der Waals surface area contributed by atoms with E-state index in [9.17, 15) is 19.2 Å². The van der Waals surface area contributed by atoms with Crippen molar-refractivity contribution in [2.75, 3.05) is 6.54 Å². The van der Waals surface area contributed by atoms with Crippen LogP contribution < -0.4 is 5.32 Å². The van der Waals surface area contributed by atoms with E-state index in [2.05, 4.69) is 25.7 Å². The van der Waals surface area contributed by atoms with Crippen LogP contribution in [0, 0.1) is 11.8 Å². The first-order valence-electron chi connectivity index (χ1n) is 10.4. The molecule has 3 rings (SSSR count). The number of nitrogens with zero attached hydrogens (tertiary/aromatic N) is 1. The Hall–Kier alpha value is -2.96. The van der Waals surface area contributed by atoms with E-state index in [1.54, 1.807) is 0 Å². The van der Waals surface area contributed by atoms with E-state index in [-0.39, 0.29) is 35.2 Å². The molecule has 4 atom stereocenters. The van der Waals surface area contributed by atoms with Crippen molar-refractivity contribution < 1.29 is 23.9 Å². The van der Waals surface area contributed by atoms with E-state index in [4.69, 9.17) is 4.74 Å². The van der Waals surface area contributed by atoms with Gasteiger partial charge in [-0.2, -0.15) is 0 Å². The highest BCUT2D eigenvalue weighted by atomic mass is 16.5. The number of amides is 3. The van der Waals surface area contributed by atoms with E-state index in [0.717, 1.165) is 24.2 Å². The average molecular weight is 412 g/mol. The van der Waals surface area contributed by atoms with Crippen LogP contribution in [0.2, 0.25) is 0 Å². The molecule has 1 N–H and O–H groups in total. The van der Waals surface area contributed by atoms with Gasteiger partial charge >= 0.3 is 5.97 Å². The van der Waals surface area contributed by atoms with Gasteiger partial charge in [-0.25, -0.2) is 4.79 Å². The fourth-order valence-electron chi connectivity index (χ4n) is 4.08. The molecule has 7 heteroatoms. The molecule has 0 saturated heterocycles. The van der Waals surface area contributed by atoms with Crippen molar-refractivity contribution in [3.05, 3.63) is 47.5 Å². The molecule has 7 nitrogen and oxygen atoms in total. The lowest BCUT2D eigenvalue weighted by molar-refractivity contribution is -0.130. The number of hydrogen-bond donors (Lipinski definition) is 1. The van der Waals surface area contributed by atoms with Gasteiger partial charge in [-0.05, 0) is 43.4 Å². The number of carbonyl (C=O) groups excluding carboxylic acids is 4. The summed E-state index contributed by atoms with van der Waals surface area (Å²) < 4.78 is 5.32. The maximum absolute atomic E-state index is 12.5. The summed E-state index contributed by atoms with van der Waals surface area (Å²) in [6.07, 6.45) is 3.63. The SMILES string of the molecule is C=CCN1C(=O)c2ccc(C(=O)O[C@H](C)C(=O)N[C@H]3CCC[C@@H](C)[C@H]3C)cc2C1=O. The van der Waals surface area contributed by atoms with Crippen molar-refractivity contribution >= 4 is 23.7 Å². The van der Waals surface area contributed by atoms with Crippen molar-refractivity contribution in [2.45, 2.75) is 52.2 Å². The summed E-state index contributed by atoms with van der Waals surface area (Å²) in [4.78, 5) is 50.8. The average Bonchev–Trinajstić information content (AvgIpc) is 2.96. The van der Waals surface area contributed by atoms with Gasteiger partial charge in [0, 0.05) is 12.6 Å². The molecular formula is C23H28N2O5. The quantitative estimate of drug-likeness (QED) is 0.441. The monoisotopic (exact) mass is 412 g/mol. The molecule has 0 radical (unpaired) electrons. The molecular weight excluding hydrogens is 384 g/mol. The normalized spacial score (nSPS) is 24.2. The number of benzene rings is 1. The van der Waals surface area contributed by atoms with Crippen molar-refractivity contribution in [2.24, 2.45) is 11.8 Å². The highest BCUT2D eigenvalue weighted by Gasteiger charge is 2.36. The maximum Gasteiger partial charge on any atom is 0.338 e. The van der Waals surface area contributed by atoms with Gasteiger partial charge in [-0.3, -0.25) is 19.3 Å².